The van der Waals surface area contributed by atoms with E-state index in [1.165, 1.54) is 12.8 Å². The van der Waals surface area contributed by atoms with Crippen molar-refractivity contribution in [3.63, 3.8) is 0 Å². The summed E-state index contributed by atoms with van der Waals surface area (Å²) in [5.74, 6) is 0.436. The highest BCUT2D eigenvalue weighted by atomic mass is 16.2. The second kappa shape index (κ2) is 5.57. The number of rotatable bonds is 2. The van der Waals surface area contributed by atoms with Crippen molar-refractivity contribution in [3.05, 3.63) is 30.1 Å². The van der Waals surface area contributed by atoms with E-state index in [2.05, 4.69) is 22.4 Å². The summed E-state index contributed by atoms with van der Waals surface area (Å²) in [6.07, 6.45) is 6.01. The van der Waals surface area contributed by atoms with E-state index in [4.69, 9.17) is 0 Å². The van der Waals surface area contributed by atoms with Gasteiger partial charge >= 0.3 is 0 Å². The lowest BCUT2D eigenvalue weighted by molar-refractivity contribution is 0.0949. The van der Waals surface area contributed by atoms with E-state index in [1.807, 2.05) is 0 Å². The normalized spacial score (nSPS) is 22.4. The molecule has 4 nitrogen and oxygen atoms in total. The Balaban J connectivity index is 1.93. The number of hydrazone groups is 1. The van der Waals surface area contributed by atoms with Gasteiger partial charge in [-0.1, -0.05) is 13.0 Å². The Labute approximate surface area is 101 Å². The summed E-state index contributed by atoms with van der Waals surface area (Å²) >= 11 is 0. The first-order valence-corrected chi connectivity index (χ1v) is 6.02. The molecule has 1 saturated carbocycles. The third-order valence-corrected chi connectivity index (χ3v) is 2.96. The molecule has 1 unspecified atom stereocenters. The number of nitrogens with one attached hydrogen (secondary N) is 1. The summed E-state index contributed by atoms with van der Waals surface area (Å²) in [5, 5.41) is 4.19. The van der Waals surface area contributed by atoms with E-state index < -0.39 is 0 Å². The van der Waals surface area contributed by atoms with Crippen LogP contribution in [0.2, 0.25) is 0 Å². The van der Waals surface area contributed by atoms with Crippen LogP contribution in [0.1, 0.15) is 43.1 Å². The highest BCUT2D eigenvalue weighted by Gasteiger charge is 2.14. The molecule has 1 fully saturated rings. The molecule has 0 bridgehead atoms. The van der Waals surface area contributed by atoms with Crippen molar-refractivity contribution < 1.29 is 4.79 Å². The van der Waals surface area contributed by atoms with Crippen LogP contribution in [0.3, 0.4) is 0 Å². The molecule has 1 amide bonds. The van der Waals surface area contributed by atoms with Gasteiger partial charge in [0.1, 0.15) is 5.69 Å². The second-order valence-corrected chi connectivity index (χ2v) is 4.54. The Hall–Kier alpha value is -1.71. The molecule has 1 atom stereocenters. The van der Waals surface area contributed by atoms with Gasteiger partial charge in [-0.2, -0.15) is 5.10 Å². The summed E-state index contributed by atoms with van der Waals surface area (Å²) in [6.45, 7) is 2.22. The van der Waals surface area contributed by atoms with Gasteiger partial charge in [0, 0.05) is 11.9 Å². The minimum atomic E-state index is -0.240. The van der Waals surface area contributed by atoms with Gasteiger partial charge in [0.25, 0.3) is 5.91 Å². The topological polar surface area (TPSA) is 54.4 Å². The van der Waals surface area contributed by atoms with Crippen LogP contribution >= 0.6 is 0 Å². The lowest BCUT2D eigenvalue weighted by Gasteiger charge is -2.18. The molecule has 17 heavy (non-hydrogen) atoms. The van der Waals surface area contributed by atoms with E-state index in [1.54, 1.807) is 24.4 Å². The molecule has 0 aliphatic heterocycles. The monoisotopic (exact) mass is 231 g/mol. The molecular weight excluding hydrogens is 214 g/mol. The molecule has 0 aromatic carbocycles. The molecule has 1 aliphatic rings. The van der Waals surface area contributed by atoms with Gasteiger partial charge in [0.15, 0.2) is 0 Å². The third-order valence-electron chi connectivity index (χ3n) is 2.96. The molecule has 1 heterocycles. The van der Waals surface area contributed by atoms with E-state index in [-0.39, 0.29) is 5.91 Å². The highest BCUT2D eigenvalue weighted by Crippen LogP contribution is 2.20. The molecule has 1 aromatic heterocycles. The number of hydrogen-bond donors (Lipinski definition) is 1. The summed E-state index contributed by atoms with van der Waals surface area (Å²) in [4.78, 5) is 15.7. The molecule has 0 saturated heterocycles. The molecule has 1 aromatic rings. The fourth-order valence-electron chi connectivity index (χ4n) is 2.05. The number of carbonyl (C=O) groups excluding carboxylic acids is 1. The Morgan fingerprint density at radius 1 is 1.53 bits per heavy atom. The molecule has 90 valence electrons. The Morgan fingerprint density at radius 2 is 2.41 bits per heavy atom. The van der Waals surface area contributed by atoms with Gasteiger partial charge < -0.3 is 0 Å². The predicted molar refractivity (Wildman–Crippen MR) is 66.8 cm³/mol. The summed E-state index contributed by atoms with van der Waals surface area (Å²) in [5.41, 5.74) is 4.07. The van der Waals surface area contributed by atoms with E-state index >= 15 is 0 Å². The second-order valence-electron chi connectivity index (χ2n) is 4.54. The lowest BCUT2D eigenvalue weighted by Crippen LogP contribution is -2.22. The van der Waals surface area contributed by atoms with Gasteiger partial charge in [-0.3, -0.25) is 9.78 Å². The van der Waals surface area contributed by atoms with Crippen LogP contribution in [0.25, 0.3) is 0 Å². The maximum Gasteiger partial charge on any atom is 0.289 e. The minimum absolute atomic E-state index is 0.240. The van der Waals surface area contributed by atoms with Crippen LogP contribution in [0, 0.1) is 5.92 Å². The van der Waals surface area contributed by atoms with Gasteiger partial charge in [-0.15, -0.1) is 0 Å². The van der Waals surface area contributed by atoms with Crippen LogP contribution in [-0.4, -0.2) is 16.6 Å². The Morgan fingerprint density at radius 3 is 3.12 bits per heavy atom. The van der Waals surface area contributed by atoms with Crippen LogP contribution in [0.4, 0.5) is 0 Å². The van der Waals surface area contributed by atoms with Gasteiger partial charge in [0.2, 0.25) is 0 Å². The van der Waals surface area contributed by atoms with Crippen LogP contribution in [0.15, 0.2) is 29.5 Å². The fourth-order valence-corrected chi connectivity index (χ4v) is 2.05. The molecule has 1 N–H and O–H groups in total. The van der Waals surface area contributed by atoms with Crippen molar-refractivity contribution in [2.75, 3.05) is 0 Å². The molecule has 4 heteroatoms. The zero-order valence-corrected chi connectivity index (χ0v) is 10.0. The largest absolute Gasteiger partial charge is 0.289 e. The van der Waals surface area contributed by atoms with Crippen molar-refractivity contribution in [2.45, 2.75) is 32.6 Å². The highest BCUT2D eigenvalue weighted by molar-refractivity contribution is 5.93. The molecule has 2 rings (SSSR count). The van der Waals surface area contributed by atoms with Gasteiger partial charge in [-0.05, 0) is 43.7 Å². The first-order valence-electron chi connectivity index (χ1n) is 6.02. The van der Waals surface area contributed by atoms with Crippen LogP contribution in [0.5, 0.6) is 0 Å². The van der Waals surface area contributed by atoms with E-state index in [9.17, 15) is 4.79 Å². The van der Waals surface area contributed by atoms with Crippen molar-refractivity contribution in [1.82, 2.24) is 10.4 Å². The van der Waals surface area contributed by atoms with Gasteiger partial charge in [0.05, 0.1) is 0 Å². The molecule has 0 spiro atoms. The standard InChI is InChI=1S/C13H17N3O/c1-10-5-4-6-11(9-10)15-16-13(17)12-7-2-3-8-14-12/h2-3,7-8,10H,4-6,9H2,1H3,(H,16,17). The minimum Gasteiger partial charge on any atom is -0.266 e. The van der Waals surface area contributed by atoms with Crippen LogP contribution in [-0.2, 0) is 0 Å². The van der Waals surface area contributed by atoms with Crippen LogP contribution < -0.4 is 5.43 Å². The maximum absolute atomic E-state index is 11.7. The lowest BCUT2D eigenvalue weighted by atomic mass is 9.89. The van der Waals surface area contributed by atoms with Crippen molar-refractivity contribution in [1.29, 1.82) is 0 Å². The number of nitrogens with zero attached hydrogens (tertiary/aromatic N) is 2. The number of amides is 1. The van der Waals surface area contributed by atoms with E-state index in [0.29, 0.717) is 11.6 Å². The van der Waals surface area contributed by atoms with E-state index in [0.717, 1.165) is 18.6 Å². The average Bonchev–Trinajstić information content (AvgIpc) is 2.37. The van der Waals surface area contributed by atoms with Crippen molar-refractivity contribution in [3.8, 4) is 0 Å². The SMILES string of the molecule is CC1CCCC(=NNC(=O)c2ccccn2)C1. The van der Waals surface area contributed by atoms with Crippen molar-refractivity contribution in [2.24, 2.45) is 11.0 Å². The Kier molecular flexibility index (Phi) is 3.85. The molecular formula is C13H17N3O. The quantitative estimate of drug-likeness (QED) is 0.794. The number of carbonyl (C=O) groups is 1. The molecule has 0 radical (unpaired) electrons. The number of aromatic nitrogens is 1. The zero-order chi connectivity index (χ0) is 12.1. The van der Waals surface area contributed by atoms with Crippen molar-refractivity contribution >= 4 is 11.6 Å². The van der Waals surface area contributed by atoms with Gasteiger partial charge in [-0.25, -0.2) is 5.43 Å². The predicted octanol–water partition coefficient (Wildman–Crippen LogP) is 2.38. The zero-order valence-electron chi connectivity index (χ0n) is 10.0. The smallest absolute Gasteiger partial charge is 0.266 e. The number of pyridine rings is 1. The average molecular weight is 231 g/mol. The molecule has 1 aliphatic carbocycles. The first kappa shape index (κ1) is 11.8. The third kappa shape index (κ3) is 3.37. The Bertz CT molecular complexity index is 414. The summed E-state index contributed by atoms with van der Waals surface area (Å²) < 4.78 is 0. The first-order chi connectivity index (χ1) is 8.25. The fraction of sp³-hybridized carbons (Fsp3) is 0.462. The number of hydrogen-bond acceptors (Lipinski definition) is 3. The maximum atomic E-state index is 11.7. The summed E-state index contributed by atoms with van der Waals surface area (Å²) in [6, 6.07) is 5.25. The summed E-state index contributed by atoms with van der Waals surface area (Å²) in [7, 11) is 0.